The number of aryl methyl sites for hydroxylation is 1. The Hall–Kier alpha value is -1.35. The molecule has 1 rings (SSSR count). The van der Waals surface area contributed by atoms with E-state index in [9.17, 15) is 4.79 Å². The van der Waals surface area contributed by atoms with Gasteiger partial charge in [-0.15, -0.1) is 0 Å². The van der Waals surface area contributed by atoms with Crippen molar-refractivity contribution in [1.82, 2.24) is 4.90 Å². The maximum Gasteiger partial charge on any atom is 0.224 e. The highest BCUT2D eigenvalue weighted by Gasteiger charge is 2.21. The van der Waals surface area contributed by atoms with Crippen molar-refractivity contribution in [2.45, 2.75) is 60.0 Å². The zero-order chi connectivity index (χ0) is 16.0. The SMILES string of the molecule is CCN(Cc1ccccc1C)C(=O)CC(N)CC(C)(C)C. The molecule has 0 aliphatic heterocycles. The topological polar surface area (TPSA) is 46.3 Å². The summed E-state index contributed by atoms with van der Waals surface area (Å²) >= 11 is 0. The summed E-state index contributed by atoms with van der Waals surface area (Å²) in [5.41, 5.74) is 8.72. The summed E-state index contributed by atoms with van der Waals surface area (Å²) in [5, 5.41) is 0. The first kappa shape index (κ1) is 17.7. The molecule has 1 aromatic rings. The molecule has 21 heavy (non-hydrogen) atoms. The van der Waals surface area contributed by atoms with Crippen molar-refractivity contribution in [3.63, 3.8) is 0 Å². The summed E-state index contributed by atoms with van der Waals surface area (Å²) in [6.07, 6.45) is 1.29. The lowest BCUT2D eigenvalue weighted by atomic mass is 9.87. The number of hydrogen-bond acceptors (Lipinski definition) is 2. The van der Waals surface area contributed by atoms with Crippen molar-refractivity contribution >= 4 is 5.91 Å². The van der Waals surface area contributed by atoms with Gasteiger partial charge in [-0.2, -0.15) is 0 Å². The minimum atomic E-state index is -0.0663. The van der Waals surface area contributed by atoms with E-state index < -0.39 is 0 Å². The molecule has 118 valence electrons. The predicted octanol–water partition coefficient (Wildman–Crippen LogP) is 3.50. The fraction of sp³-hybridized carbons (Fsp3) is 0.611. The minimum Gasteiger partial charge on any atom is -0.339 e. The van der Waals surface area contributed by atoms with Gasteiger partial charge in [-0.3, -0.25) is 4.79 Å². The summed E-state index contributed by atoms with van der Waals surface area (Å²) in [7, 11) is 0. The van der Waals surface area contributed by atoms with Gasteiger partial charge < -0.3 is 10.6 Å². The van der Waals surface area contributed by atoms with E-state index in [2.05, 4.69) is 39.8 Å². The van der Waals surface area contributed by atoms with Crippen molar-refractivity contribution < 1.29 is 4.79 Å². The fourth-order valence-corrected chi connectivity index (χ4v) is 2.58. The molecule has 0 heterocycles. The second-order valence-electron chi connectivity index (χ2n) is 7.06. The van der Waals surface area contributed by atoms with Crippen LogP contribution in [0.1, 0.15) is 51.7 Å². The van der Waals surface area contributed by atoms with Crippen molar-refractivity contribution in [1.29, 1.82) is 0 Å². The lowest BCUT2D eigenvalue weighted by molar-refractivity contribution is -0.132. The monoisotopic (exact) mass is 290 g/mol. The van der Waals surface area contributed by atoms with Gasteiger partial charge in [0.1, 0.15) is 0 Å². The van der Waals surface area contributed by atoms with Gasteiger partial charge in [0.2, 0.25) is 5.91 Å². The van der Waals surface area contributed by atoms with Crippen LogP contribution in [-0.2, 0) is 11.3 Å². The van der Waals surface area contributed by atoms with Crippen LogP contribution in [0.3, 0.4) is 0 Å². The van der Waals surface area contributed by atoms with Gasteiger partial charge in [-0.1, -0.05) is 45.0 Å². The Morgan fingerprint density at radius 2 is 1.90 bits per heavy atom. The second kappa shape index (κ2) is 7.60. The van der Waals surface area contributed by atoms with Crippen molar-refractivity contribution in [3.05, 3.63) is 35.4 Å². The standard InChI is InChI=1S/C18H30N2O/c1-6-20(13-15-10-8-7-9-14(15)2)17(21)11-16(19)12-18(3,4)5/h7-10,16H,6,11-13,19H2,1-5H3. The molecule has 0 spiro atoms. The highest BCUT2D eigenvalue weighted by atomic mass is 16.2. The van der Waals surface area contributed by atoms with Gasteiger partial charge in [-0.25, -0.2) is 0 Å². The Morgan fingerprint density at radius 3 is 2.43 bits per heavy atom. The van der Waals surface area contributed by atoms with E-state index in [-0.39, 0.29) is 17.4 Å². The molecular formula is C18H30N2O. The van der Waals surface area contributed by atoms with Crippen LogP contribution in [0, 0.1) is 12.3 Å². The first-order valence-electron chi connectivity index (χ1n) is 7.81. The molecule has 0 fully saturated rings. The number of benzene rings is 1. The van der Waals surface area contributed by atoms with E-state index in [1.807, 2.05) is 24.0 Å². The van der Waals surface area contributed by atoms with E-state index in [1.54, 1.807) is 0 Å². The lowest BCUT2D eigenvalue weighted by Crippen LogP contribution is -2.37. The van der Waals surface area contributed by atoms with Gasteiger partial charge in [0.15, 0.2) is 0 Å². The van der Waals surface area contributed by atoms with Crippen LogP contribution < -0.4 is 5.73 Å². The third kappa shape index (κ3) is 6.30. The van der Waals surface area contributed by atoms with Gasteiger partial charge in [0.05, 0.1) is 0 Å². The molecule has 0 aliphatic carbocycles. The molecule has 0 aromatic heterocycles. The predicted molar refractivity (Wildman–Crippen MR) is 88.9 cm³/mol. The molecule has 1 aromatic carbocycles. The molecule has 1 amide bonds. The molecule has 2 N–H and O–H groups in total. The third-order valence-corrected chi connectivity index (χ3v) is 3.67. The quantitative estimate of drug-likeness (QED) is 0.871. The van der Waals surface area contributed by atoms with Gasteiger partial charge >= 0.3 is 0 Å². The number of nitrogens with two attached hydrogens (primary N) is 1. The van der Waals surface area contributed by atoms with E-state index in [1.165, 1.54) is 11.1 Å². The fourth-order valence-electron chi connectivity index (χ4n) is 2.58. The van der Waals surface area contributed by atoms with Crippen molar-refractivity contribution in [2.75, 3.05) is 6.54 Å². The minimum absolute atomic E-state index is 0.0663. The molecule has 0 saturated carbocycles. The summed E-state index contributed by atoms with van der Waals surface area (Å²) in [4.78, 5) is 14.3. The van der Waals surface area contributed by atoms with Gasteiger partial charge in [-0.05, 0) is 36.8 Å². The Balaban J connectivity index is 2.64. The van der Waals surface area contributed by atoms with Crippen molar-refractivity contribution in [2.24, 2.45) is 11.1 Å². The first-order chi connectivity index (χ1) is 9.73. The zero-order valence-electron chi connectivity index (χ0n) is 14.1. The molecule has 0 bridgehead atoms. The molecule has 1 atom stereocenters. The Labute approximate surface area is 129 Å². The molecule has 0 saturated heterocycles. The summed E-state index contributed by atoms with van der Waals surface area (Å²) in [6, 6.07) is 8.14. The van der Waals surface area contributed by atoms with Crippen LogP contribution in [0.25, 0.3) is 0 Å². The Bertz CT molecular complexity index is 463. The number of rotatable bonds is 6. The summed E-state index contributed by atoms with van der Waals surface area (Å²) in [6.45, 7) is 12.0. The average molecular weight is 290 g/mol. The van der Waals surface area contributed by atoms with E-state index in [0.29, 0.717) is 13.0 Å². The molecule has 3 heteroatoms. The van der Waals surface area contributed by atoms with Crippen LogP contribution in [0.2, 0.25) is 0 Å². The maximum absolute atomic E-state index is 12.4. The van der Waals surface area contributed by atoms with Gasteiger partial charge in [0.25, 0.3) is 0 Å². The van der Waals surface area contributed by atoms with Gasteiger partial charge in [0, 0.05) is 25.6 Å². The molecular weight excluding hydrogens is 260 g/mol. The van der Waals surface area contributed by atoms with Crippen molar-refractivity contribution in [3.8, 4) is 0 Å². The Morgan fingerprint density at radius 1 is 1.29 bits per heavy atom. The van der Waals surface area contributed by atoms with E-state index in [4.69, 9.17) is 5.73 Å². The number of carbonyl (C=O) groups excluding carboxylic acids is 1. The highest BCUT2D eigenvalue weighted by Crippen LogP contribution is 2.21. The largest absolute Gasteiger partial charge is 0.339 e. The number of carbonyl (C=O) groups is 1. The third-order valence-electron chi connectivity index (χ3n) is 3.67. The van der Waals surface area contributed by atoms with Crippen LogP contribution in [-0.4, -0.2) is 23.4 Å². The van der Waals surface area contributed by atoms with Crippen LogP contribution in [0.15, 0.2) is 24.3 Å². The second-order valence-corrected chi connectivity index (χ2v) is 7.06. The number of hydrogen-bond donors (Lipinski definition) is 1. The van der Waals surface area contributed by atoms with E-state index in [0.717, 1.165) is 13.0 Å². The number of nitrogens with zero attached hydrogens (tertiary/aromatic N) is 1. The Kier molecular flexibility index (Phi) is 6.41. The smallest absolute Gasteiger partial charge is 0.224 e. The van der Waals surface area contributed by atoms with Crippen LogP contribution in [0.5, 0.6) is 0 Å². The first-order valence-corrected chi connectivity index (χ1v) is 7.81. The number of amides is 1. The summed E-state index contributed by atoms with van der Waals surface area (Å²) in [5.74, 6) is 0.150. The van der Waals surface area contributed by atoms with E-state index >= 15 is 0 Å². The highest BCUT2D eigenvalue weighted by molar-refractivity contribution is 5.76. The average Bonchev–Trinajstić information content (AvgIpc) is 2.35. The van der Waals surface area contributed by atoms with Crippen LogP contribution in [0.4, 0.5) is 0 Å². The molecule has 3 nitrogen and oxygen atoms in total. The summed E-state index contributed by atoms with van der Waals surface area (Å²) < 4.78 is 0. The molecule has 0 aliphatic rings. The molecule has 0 radical (unpaired) electrons. The molecule has 1 unspecified atom stereocenters. The lowest BCUT2D eigenvalue weighted by Gasteiger charge is -2.26. The normalized spacial score (nSPS) is 13.0. The zero-order valence-corrected chi connectivity index (χ0v) is 14.1. The van der Waals surface area contributed by atoms with Crippen LogP contribution >= 0.6 is 0 Å². The maximum atomic E-state index is 12.4.